The topological polar surface area (TPSA) is 72.4 Å². The van der Waals surface area contributed by atoms with Gasteiger partial charge in [-0.25, -0.2) is 9.59 Å². The minimum atomic E-state index is -0.454. The standard InChI is InChI=1S/C18H25N3O3S/c1-6-8-21-9-7-12(11-21)19-17(23)20-13-10-14(18(2,3)4)25-15(13)16(22)24-5/h7,9-11H,6,8H2,1-5H3,(H2,19,20,23). The first-order chi connectivity index (χ1) is 11.7. The summed E-state index contributed by atoms with van der Waals surface area (Å²) in [5.41, 5.74) is 1.05. The lowest BCUT2D eigenvalue weighted by atomic mass is 9.94. The summed E-state index contributed by atoms with van der Waals surface area (Å²) in [5.74, 6) is -0.454. The van der Waals surface area contributed by atoms with Crippen molar-refractivity contribution in [1.82, 2.24) is 4.57 Å². The summed E-state index contributed by atoms with van der Waals surface area (Å²) in [6.45, 7) is 9.16. The zero-order valence-electron chi connectivity index (χ0n) is 15.3. The summed E-state index contributed by atoms with van der Waals surface area (Å²) in [4.78, 5) is 25.7. The fraction of sp³-hybridized carbons (Fsp3) is 0.444. The Labute approximate surface area is 152 Å². The molecule has 0 unspecified atom stereocenters. The largest absolute Gasteiger partial charge is 0.465 e. The van der Waals surface area contributed by atoms with Crippen molar-refractivity contribution < 1.29 is 14.3 Å². The molecular weight excluding hydrogens is 338 g/mol. The number of urea groups is 1. The fourth-order valence-electron chi connectivity index (χ4n) is 2.29. The van der Waals surface area contributed by atoms with Crippen LogP contribution in [-0.4, -0.2) is 23.7 Å². The van der Waals surface area contributed by atoms with Crippen LogP contribution in [0.25, 0.3) is 0 Å². The second-order valence-electron chi connectivity index (χ2n) is 6.81. The molecule has 6 nitrogen and oxygen atoms in total. The van der Waals surface area contributed by atoms with E-state index in [-0.39, 0.29) is 5.41 Å². The van der Waals surface area contributed by atoms with Crippen LogP contribution >= 0.6 is 11.3 Å². The van der Waals surface area contributed by atoms with Crippen LogP contribution in [0.1, 0.15) is 48.7 Å². The van der Waals surface area contributed by atoms with Crippen molar-refractivity contribution in [2.45, 2.75) is 46.1 Å². The van der Waals surface area contributed by atoms with E-state index in [1.165, 1.54) is 18.4 Å². The number of esters is 1. The molecule has 2 aromatic heterocycles. The number of carbonyl (C=O) groups is 2. The van der Waals surface area contributed by atoms with Gasteiger partial charge in [-0.1, -0.05) is 27.7 Å². The second-order valence-corrected chi connectivity index (χ2v) is 7.86. The van der Waals surface area contributed by atoms with Gasteiger partial charge in [-0.15, -0.1) is 11.3 Å². The average Bonchev–Trinajstić information content (AvgIpc) is 3.13. The number of methoxy groups -OCH3 is 1. The van der Waals surface area contributed by atoms with E-state index >= 15 is 0 Å². The summed E-state index contributed by atoms with van der Waals surface area (Å²) < 4.78 is 6.84. The van der Waals surface area contributed by atoms with Crippen molar-refractivity contribution in [3.8, 4) is 0 Å². The number of hydrogen-bond acceptors (Lipinski definition) is 4. The molecule has 136 valence electrons. The summed E-state index contributed by atoms with van der Waals surface area (Å²) in [6.07, 6.45) is 4.81. The Morgan fingerprint density at radius 1 is 1.28 bits per heavy atom. The van der Waals surface area contributed by atoms with Gasteiger partial charge in [0.15, 0.2) is 0 Å². The molecule has 0 atom stereocenters. The second kappa shape index (κ2) is 7.74. The van der Waals surface area contributed by atoms with Crippen LogP contribution in [0.3, 0.4) is 0 Å². The number of nitrogens with one attached hydrogen (secondary N) is 2. The first-order valence-corrected chi connectivity index (χ1v) is 9.02. The minimum absolute atomic E-state index is 0.124. The number of thiophene rings is 1. The first kappa shape index (κ1) is 19.1. The maximum atomic E-state index is 12.3. The van der Waals surface area contributed by atoms with E-state index in [0.717, 1.165) is 17.8 Å². The average molecular weight is 363 g/mol. The van der Waals surface area contributed by atoms with Crippen LogP contribution < -0.4 is 10.6 Å². The van der Waals surface area contributed by atoms with Crippen molar-refractivity contribution in [3.05, 3.63) is 34.3 Å². The van der Waals surface area contributed by atoms with Gasteiger partial charge in [0.05, 0.1) is 18.5 Å². The van der Waals surface area contributed by atoms with Gasteiger partial charge < -0.3 is 19.9 Å². The number of rotatable bonds is 5. The molecule has 0 aromatic carbocycles. The molecule has 2 amide bonds. The number of aryl methyl sites for hydroxylation is 1. The Bertz CT molecular complexity index is 756. The quantitative estimate of drug-likeness (QED) is 0.757. The lowest BCUT2D eigenvalue weighted by molar-refractivity contribution is 0.0607. The van der Waals surface area contributed by atoms with Crippen molar-refractivity contribution in [3.63, 3.8) is 0 Å². The van der Waals surface area contributed by atoms with E-state index < -0.39 is 12.0 Å². The third kappa shape index (κ3) is 4.85. The molecule has 2 rings (SSSR count). The van der Waals surface area contributed by atoms with E-state index in [2.05, 4.69) is 38.3 Å². The molecule has 2 N–H and O–H groups in total. The Balaban J connectivity index is 2.15. The van der Waals surface area contributed by atoms with Crippen LogP contribution in [0.4, 0.5) is 16.2 Å². The van der Waals surface area contributed by atoms with Gasteiger partial charge in [-0.2, -0.15) is 0 Å². The number of ether oxygens (including phenoxy) is 1. The SMILES string of the molecule is CCCn1ccc(NC(=O)Nc2cc(C(C)(C)C)sc2C(=O)OC)c1. The van der Waals surface area contributed by atoms with Crippen LogP contribution in [0, 0.1) is 0 Å². The Hall–Kier alpha value is -2.28. The molecule has 0 aliphatic rings. The zero-order chi connectivity index (χ0) is 18.6. The first-order valence-electron chi connectivity index (χ1n) is 8.21. The molecular formula is C18H25N3O3S. The highest BCUT2D eigenvalue weighted by molar-refractivity contribution is 7.14. The zero-order valence-corrected chi connectivity index (χ0v) is 16.1. The van der Waals surface area contributed by atoms with Crippen LogP contribution in [0.5, 0.6) is 0 Å². The maximum absolute atomic E-state index is 12.3. The van der Waals surface area contributed by atoms with Gasteiger partial charge >= 0.3 is 12.0 Å². The molecule has 7 heteroatoms. The number of nitrogens with zero attached hydrogens (tertiary/aromatic N) is 1. The molecule has 0 spiro atoms. The molecule has 25 heavy (non-hydrogen) atoms. The molecule has 2 aromatic rings. The van der Waals surface area contributed by atoms with Gasteiger partial charge in [0.1, 0.15) is 4.88 Å². The number of aromatic nitrogens is 1. The molecule has 0 saturated carbocycles. The molecule has 0 radical (unpaired) electrons. The summed E-state index contributed by atoms with van der Waals surface area (Å²) >= 11 is 1.34. The smallest absolute Gasteiger partial charge is 0.350 e. The highest BCUT2D eigenvalue weighted by Crippen LogP contribution is 2.35. The maximum Gasteiger partial charge on any atom is 0.350 e. The minimum Gasteiger partial charge on any atom is -0.465 e. The highest BCUT2D eigenvalue weighted by Gasteiger charge is 2.24. The fourth-order valence-corrected chi connectivity index (χ4v) is 3.38. The number of hydrogen-bond donors (Lipinski definition) is 2. The molecule has 0 aliphatic carbocycles. The Kier molecular flexibility index (Phi) is 5.89. The van der Waals surface area contributed by atoms with Crippen molar-refractivity contribution in [2.24, 2.45) is 0 Å². The predicted octanol–water partition coefficient (Wildman–Crippen LogP) is 4.69. The monoisotopic (exact) mass is 363 g/mol. The van der Waals surface area contributed by atoms with Gasteiger partial charge in [0.25, 0.3) is 0 Å². The third-order valence-electron chi connectivity index (χ3n) is 3.58. The molecule has 0 saturated heterocycles. The van der Waals surface area contributed by atoms with E-state index in [9.17, 15) is 9.59 Å². The van der Waals surface area contributed by atoms with E-state index in [0.29, 0.717) is 16.3 Å². The highest BCUT2D eigenvalue weighted by atomic mass is 32.1. The van der Waals surface area contributed by atoms with Gasteiger partial charge in [-0.05, 0) is 24.0 Å². The molecule has 0 bridgehead atoms. The van der Waals surface area contributed by atoms with E-state index in [1.54, 1.807) is 0 Å². The number of amides is 2. The van der Waals surface area contributed by atoms with E-state index in [1.807, 2.05) is 29.1 Å². The summed E-state index contributed by atoms with van der Waals surface area (Å²) in [6, 6.07) is 3.28. The lowest BCUT2D eigenvalue weighted by Crippen LogP contribution is -2.20. The molecule has 0 fully saturated rings. The Morgan fingerprint density at radius 3 is 2.60 bits per heavy atom. The van der Waals surface area contributed by atoms with Crippen LogP contribution in [0.2, 0.25) is 0 Å². The van der Waals surface area contributed by atoms with Crippen molar-refractivity contribution in [2.75, 3.05) is 17.7 Å². The Morgan fingerprint density at radius 2 is 2.00 bits per heavy atom. The van der Waals surface area contributed by atoms with Crippen LogP contribution in [-0.2, 0) is 16.7 Å². The van der Waals surface area contributed by atoms with Gasteiger partial charge in [0.2, 0.25) is 0 Å². The number of anilines is 2. The van der Waals surface area contributed by atoms with Crippen molar-refractivity contribution in [1.29, 1.82) is 0 Å². The predicted molar refractivity (Wildman–Crippen MR) is 102 cm³/mol. The van der Waals surface area contributed by atoms with Gasteiger partial charge in [-0.3, -0.25) is 0 Å². The van der Waals surface area contributed by atoms with Crippen LogP contribution in [0.15, 0.2) is 24.5 Å². The summed E-state index contributed by atoms with van der Waals surface area (Å²) in [5, 5.41) is 5.54. The van der Waals surface area contributed by atoms with Crippen molar-refractivity contribution >= 4 is 34.7 Å². The summed E-state index contributed by atoms with van der Waals surface area (Å²) in [7, 11) is 1.33. The lowest BCUT2D eigenvalue weighted by Gasteiger charge is -2.15. The third-order valence-corrected chi connectivity index (χ3v) is 5.12. The molecule has 0 aliphatic heterocycles. The number of carbonyl (C=O) groups excluding carboxylic acids is 2. The normalized spacial score (nSPS) is 11.2. The van der Waals surface area contributed by atoms with E-state index in [4.69, 9.17) is 4.74 Å². The van der Waals surface area contributed by atoms with Gasteiger partial charge in [0, 0.05) is 23.8 Å². The molecule has 2 heterocycles.